The maximum atomic E-state index is 13.6. The Bertz CT molecular complexity index is 639. The maximum Gasteiger partial charge on any atom is 0.170 e. The molecule has 0 aliphatic carbocycles. The van der Waals surface area contributed by atoms with Gasteiger partial charge in [-0.2, -0.15) is 4.68 Å². The van der Waals surface area contributed by atoms with Gasteiger partial charge in [-0.15, -0.1) is 5.10 Å². The van der Waals surface area contributed by atoms with Gasteiger partial charge in [-0.05, 0) is 41.8 Å². The van der Waals surface area contributed by atoms with Crippen LogP contribution in [0, 0.1) is 13.8 Å². The molecule has 1 aliphatic rings. The van der Waals surface area contributed by atoms with Crippen LogP contribution in [0.15, 0.2) is 18.2 Å². The van der Waals surface area contributed by atoms with Crippen molar-refractivity contribution in [3.8, 4) is 5.69 Å². The summed E-state index contributed by atoms with van der Waals surface area (Å²) in [7, 11) is 0. The van der Waals surface area contributed by atoms with Gasteiger partial charge in [0.15, 0.2) is 5.82 Å². The first-order valence-corrected chi connectivity index (χ1v) is 7.43. The number of likely N-dealkylation sites (tertiary alicyclic amines) is 1. The molecule has 1 aliphatic heterocycles. The minimum atomic E-state index is -0.901. The normalized spacial score (nSPS) is 22.4. The Morgan fingerprint density at radius 1 is 1.32 bits per heavy atom. The van der Waals surface area contributed by atoms with E-state index in [-0.39, 0.29) is 12.6 Å². The number of nitrogens with zero attached hydrogens (tertiary/aromatic N) is 5. The Hall–Kier alpha value is -1.86. The lowest BCUT2D eigenvalue weighted by atomic mass is 10.1. The number of hydrogen-bond acceptors (Lipinski definition) is 5. The molecule has 0 amide bonds. The molecule has 2 aromatic rings. The highest BCUT2D eigenvalue weighted by Crippen LogP contribution is 2.24. The van der Waals surface area contributed by atoms with Crippen LogP contribution in [0.25, 0.3) is 5.69 Å². The molecule has 1 N–H and O–H groups in total. The van der Waals surface area contributed by atoms with Crippen molar-refractivity contribution in [1.82, 2.24) is 25.1 Å². The zero-order chi connectivity index (χ0) is 15.7. The summed E-state index contributed by atoms with van der Waals surface area (Å²) < 4.78 is 15.3. The molecule has 0 radical (unpaired) electrons. The minimum Gasteiger partial charge on any atom is -0.395 e. The van der Waals surface area contributed by atoms with Crippen LogP contribution in [0.4, 0.5) is 4.39 Å². The van der Waals surface area contributed by atoms with E-state index in [1.165, 1.54) is 0 Å². The molecule has 0 unspecified atom stereocenters. The van der Waals surface area contributed by atoms with Crippen LogP contribution < -0.4 is 0 Å². The first-order chi connectivity index (χ1) is 10.6. The fourth-order valence-electron chi connectivity index (χ4n) is 3.11. The Balaban J connectivity index is 1.90. The third kappa shape index (κ3) is 2.74. The average Bonchev–Trinajstić information content (AvgIpc) is 3.06. The van der Waals surface area contributed by atoms with E-state index in [9.17, 15) is 9.50 Å². The first-order valence-electron chi connectivity index (χ1n) is 7.43. The molecular formula is C15H20FN5O. The van der Waals surface area contributed by atoms with Gasteiger partial charge in [-0.1, -0.05) is 18.2 Å². The Labute approximate surface area is 128 Å². The smallest absolute Gasteiger partial charge is 0.170 e. The molecule has 0 spiro atoms. The van der Waals surface area contributed by atoms with Gasteiger partial charge in [0.2, 0.25) is 0 Å². The van der Waals surface area contributed by atoms with Gasteiger partial charge in [-0.3, -0.25) is 4.90 Å². The third-order valence-electron chi connectivity index (χ3n) is 4.22. The van der Waals surface area contributed by atoms with E-state index in [2.05, 4.69) is 15.5 Å². The second-order valence-electron chi connectivity index (χ2n) is 5.85. The number of halogens is 1. The molecule has 0 saturated carbocycles. The van der Waals surface area contributed by atoms with Crippen LogP contribution in [0.1, 0.15) is 23.4 Å². The third-order valence-corrected chi connectivity index (χ3v) is 4.22. The van der Waals surface area contributed by atoms with Crippen LogP contribution in [0.2, 0.25) is 0 Å². The lowest BCUT2D eigenvalue weighted by Crippen LogP contribution is -2.33. The fraction of sp³-hybridized carbons (Fsp3) is 0.533. The highest BCUT2D eigenvalue weighted by atomic mass is 19.1. The molecule has 1 fully saturated rings. The van der Waals surface area contributed by atoms with E-state index < -0.39 is 6.17 Å². The van der Waals surface area contributed by atoms with Gasteiger partial charge in [0.05, 0.1) is 18.8 Å². The molecule has 2 heterocycles. The Morgan fingerprint density at radius 2 is 2.05 bits per heavy atom. The van der Waals surface area contributed by atoms with Crippen LogP contribution in [-0.2, 0) is 6.54 Å². The second kappa shape index (κ2) is 6.10. The van der Waals surface area contributed by atoms with Crippen molar-refractivity contribution in [2.45, 2.75) is 39.0 Å². The summed E-state index contributed by atoms with van der Waals surface area (Å²) in [4.78, 5) is 1.90. The quantitative estimate of drug-likeness (QED) is 0.919. The van der Waals surface area contributed by atoms with Gasteiger partial charge < -0.3 is 5.11 Å². The number of aliphatic hydroxyl groups excluding tert-OH is 1. The molecule has 0 bridgehead atoms. The lowest BCUT2D eigenvalue weighted by molar-refractivity contribution is 0.150. The topological polar surface area (TPSA) is 67.1 Å². The van der Waals surface area contributed by atoms with Crippen LogP contribution >= 0.6 is 0 Å². The lowest BCUT2D eigenvalue weighted by Gasteiger charge is -2.21. The number of tetrazole rings is 1. The van der Waals surface area contributed by atoms with E-state index in [4.69, 9.17) is 0 Å². The van der Waals surface area contributed by atoms with E-state index >= 15 is 0 Å². The van der Waals surface area contributed by atoms with Gasteiger partial charge in [0, 0.05) is 12.6 Å². The summed E-state index contributed by atoms with van der Waals surface area (Å²) in [6, 6.07) is 5.85. The summed E-state index contributed by atoms with van der Waals surface area (Å²) in [5, 5.41) is 21.3. The fourth-order valence-corrected chi connectivity index (χ4v) is 3.11. The van der Waals surface area contributed by atoms with Crippen LogP contribution in [-0.4, -0.2) is 55.6 Å². The van der Waals surface area contributed by atoms with Crippen molar-refractivity contribution < 1.29 is 9.50 Å². The summed E-state index contributed by atoms with van der Waals surface area (Å²) in [5.74, 6) is 0.657. The molecule has 6 nitrogen and oxygen atoms in total. The summed E-state index contributed by atoms with van der Waals surface area (Å²) >= 11 is 0. The van der Waals surface area contributed by atoms with Crippen molar-refractivity contribution in [2.75, 3.05) is 13.2 Å². The van der Waals surface area contributed by atoms with E-state index in [1.54, 1.807) is 4.68 Å². The SMILES string of the molecule is Cc1cccc(C)c1-n1nnnc1CN1C[C@@H](F)C[C@H]1CO. The minimum absolute atomic E-state index is 0.0502. The van der Waals surface area contributed by atoms with Crippen molar-refractivity contribution >= 4 is 0 Å². The maximum absolute atomic E-state index is 13.6. The monoisotopic (exact) mass is 305 g/mol. The van der Waals surface area contributed by atoms with Gasteiger partial charge in [-0.25, -0.2) is 4.39 Å². The van der Waals surface area contributed by atoms with Crippen molar-refractivity contribution in [2.24, 2.45) is 0 Å². The number of benzene rings is 1. The standard InChI is InChI=1S/C15H20FN5O/c1-10-4-3-5-11(2)15(10)21-14(17-18-19-21)8-20-7-12(16)6-13(20)9-22/h3-5,12-13,22H,6-9H2,1-2H3/t12-,13-/m0/s1. The Morgan fingerprint density at radius 3 is 2.73 bits per heavy atom. The molecule has 7 heteroatoms. The predicted octanol–water partition coefficient (Wildman–Crippen LogP) is 1.18. The first kappa shape index (κ1) is 15.1. The highest BCUT2D eigenvalue weighted by molar-refractivity contribution is 5.46. The largest absolute Gasteiger partial charge is 0.395 e. The van der Waals surface area contributed by atoms with Crippen molar-refractivity contribution in [1.29, 1.82) is 0 Å². The summed E-state index contributed by atoms with van der Waals surface area (Å²) in [5.41, 5.74) is 3.12. The number of hydrogen-bond donors (Lipinski definition) is 1. The van der Waals surface area contributed by atoms with Gasteiger partial charge in [0.25, 0.3) is 0 Å². The van der Waals surface area contributed by atoms with Crippen molar-refractivity contribution in [3.05, 3.63) is 35.2 Å². The number of aliphatic hydroxyl groups is 1. The molecular weight excluding hydrogens is 285 g/mol. The predicted molar refractivity (Wildman–Crippen MR) is 79.4 cm³/mol. The van der Waals surface area contributed by atoms with E-state index in [0.29, 0.717) is 25.3 Å². The van der Waals surface area contributed by atoms with Crippen LogP contribution in [0.3, 0.4) is 0 Å². The summed E-state index contributed by atoms with van der Waals surface area (Å²) in [6.45, 7) is 4.71. The van der Waals surface area contributed by atoms with Crippen molar-refractivity contribution in [3.63, 3.8) is 0 Å². The number of aromatic nitrogens is 4. The number of rotatable bonds is 4. The van der Waals surface area contributed by atoms with Crippen LogP contribution in [0.5, 0.6) is 0 Å². The molecule has 2 atom stereocenters. The molecule has 1 aromatic heterocycles. The molecule has 1 saturated heterocycles. The average molecular weight is 305 g/mol. The molecule has 118 valence electrons. The highest BCUT2D eigenvalue weighted by Gasteiger charge is 2.32. The molecule has 3 rings (SSSR count). The Kier molecular flexibility index (Phi) is 4.17. The molecule has 22 heavy (non-hydrogen) atoms. The van der Waals surface area contributed by atoms with E-state index in [0.717, 1.165) is 16.8 Å². The van der Waals surface area contributed by atoms with Gasteiger partial charge >= 0.3 is 0 Å². The zero-order valence-corrected chi connectivity index (χ0v) is 12.8. The number of alkyl halides is 1. The van der Waals surface area contributed by atoms with E-state index in [1.807, 2.05) is 36.9 Å². The molecule has 1 aromatic carbocycles. The number of aryl methyl sites for hydroxylation is 2. The second-order valence-corrected chi connectivity index (χ2v) is 5.85. The summed E-state index contributed by atoms with van der Waals surface area (Å²) in [6.07, 6.45) is -0.539. The van der Waals surface area contributed by atoms with Gasteiger partial charge in [0.1, 0.15) is 6.17 Å². The number of para-hydroxylation sites is 1. The zero-order valence-electron chi connectivity index (χ0n) is 12.8.